The smallest absolute Gasteiger partial charge is 0.269 e. The summed E-state index contributed by atoms with van der Waals surface area (Å²) in [6, 6.07) is 28.9. The third kappa shape index (κ3) is 5.46. The molecule has 3 aromatic rings. The van der Waals surface area contributed by atoms with E-state index in [9.17, 15) is 9.59 Å². The first kappa shape index (κ1) is 18.7. The Labute approximate surface area is 163 Å². The van der Waals surface area contributed by atoms with Crippen LogP contribution < -0.4 is 10.9 Å². The summed E-state index contributed by atoms with van der Waals surface area (Å²) in [5, 5.41) is 0.0444. The molecule has 27 heavy (non-hydrogen) atoms. The van der Waals surface area contributed by atoms with E-state index in [1.165, 1.54) is 11.8 Å². The van der Waals surface area contributed by atoms with Crippen LogP contribution in [0.25, 0.3) is 0 Å². The number of hydrogen-bond donors (Lipinski definition) is 2. The van der Waals surface area contributed by atoms with Gasteiger partial charge in [0, 0.05) is 5.56 Å². The molecule has 4 nitrogen and oxygen atoms in total. The quantitative estimate of drug-likeness (QED) is 0.640. The van der Waals surface area contributed by atoms with Gasteiger partial charge in [0.05, 0.1) is 11.0 Å². The molecule has 2 N–H and O–H groups in total. The van der Waals surface area contributed by atoms with Crippen LogP contribution >= 0.6 is 11.8 Å². The van der Waals surface area contributed by atoms with Gasteiger partial charge in [0.25, 0.3) is 5.91 Å². The number of hydrazine groups is 1. The SMILES string of the molecule is O=C(CSC(c1ccccc1)c1ccccc1)NNC(=O)c1ccccc1. The minimum atomic E-state index is -0.336. The summed E-state index contributed by atoms with van der Waals surface area (Å²) in [6.45, 7) is 0. The molecule has 5 heteroatoms. The van der Waals surface area contributed by atoms with E-state index < -0.39 is 0 Å². The molecule has 0 unspecified atom stereocenters. The second kappa shape index (κ2) is 9.59. The largest absolute Gasteiger partial charge is 0.272 e. The lowest BCUT2D eigenvalue weighted by atomic mass is 10.0. The zero-order chi connectivity index (χ0) is 18.9. The molecule has 0 aliphatic rings. The summed E-state index contributed by atoms with van der Waals surface area (Å²) in [7, 11) is 0. The fourth-order valence-corrected chi connectivity index (χ4v) is 3.71. The molecule has 0 aliphatic heterocycles. The molecule has 0 saturated heterocycles. The average molecular weight is 376 g/mol. The van der Waals surface area contributed by atoms with E-state index in [0.717, 1.165) is 11.1 Å². The third-order valence-electron chi connectivity index (χ3n) is 3.94. The molecule has 0 aromatic heterocycles. The first-order valence-corrected chi connectivity index (χ1v) is 9.64. The maximum atomic E-state index is 12.2. The highest BCUT2D eigenvalue weighted by molar-refractivity contribution is 8.00. The predicted molar refractivity (Wildman–Crippen MR) is 109 cm³/mol. The number of thioether (sulfide) groups is 1. The number of carbonyl (C=O) groups is 2. The minimum absolute atomic E-state index is 0.0444. The molecule has 0 heterocycles. The topological polar surface area (TPSA) is 58.2 Å². The summed E-state index contributed by atoms with van der Waals surface area (Å²) in [4.78, 5) is 24.2. The highest BCUT2D eigenvalue weighted by Gasteiger charge is 2.16. The number of hydrogen-bond acceptors (Lipinski definition) is 3. The van der Waals surface area contributed by atoms with Crippen LogP contribution in [-0.2, 0) is 4.79 Å². The van der Waals surface area contributed by atoms with E-state index in [1.807, 2.05) is 42.5 Å². The van der Waals surface area contributed by atoms with Gasteiger partial charge in [-0.1, -0.05) is 78.9 Å². The number of carbonyl (C=O) groups excluding carboxylic acids is 2. The van der Waals surface area contributed by atoms with Crippen LogP contribution in [0.2, 0.25) is 0 Å². The van der Waals surface area contributed by atoms with Crippen molar-refractivity contribution in [3.05, 3.63) is 108 Å². The van der Waals surface area contributed by atoms with Gasteiger partial charge in [-0.25, -0.2) is 0 Å². The number of benzene rings is 3. The lowest BCUT2D eigenvalue weighted by Crippen LogP contribution is -2.42. The first-order valence-electron chi connectivity index (χ1n) is 8.60. The summed E-state index contributed by atoms with van der Waals surface area (Å²) in [5.74, 6) is -0.360. The fraction of sp³-hybridized carbons (Fsp3) is 0.0909. The monoisotopic (exact) mass is 376 g/mol. The Kier molecular flexibility index (Phi) is 6.66. The van der Waals surface area contributed by atoms with Crippen LogP contribution in [0.3, 0.4) is 0 Å². The van der Waals surface area contributed by atoms with Gasteiger partial charge < -0.3 is 0 Å². The maximum Gasteiger partial charge on any atom is 0.269 e. The van der Waals surface area contributed by atoms with Crippen LogP contribution in [0.5, 0.6) is 0 Å². The van der Waals surface area contributed by atoms with E-state index in [-0.39, 0.29) is 22.8 Å². The molecule has 0 spiro atoms. The molecule has 2 amide bonds. The Bertz CT molecular complexity index is 831. The van der Waals surface area contributed by atoms with Crippen molar-refractivity contribution < 1.29 is 9.59 Å². The normalized spacial score (nSPS) is 10.4. The van der Waals surface area contributed by atoms with Crippen LogP contribution in [-0.4, -0.2) is 17.6 Å². The molecule has 0 fully saturated rings. The molecule has 0 radical (unpaired) electrons. The van der Waals surface area contributed by atoms with E-state index in [2.05, 4.69) is 35.1 Å². The van der Waals surface area contributed by atoms with Crippen molar-refractivity contribution in [3.63, 3.8) is 0 Å². The van der Waals surface area contributed by atoms with E-state index >= 15 is 0 Å². The number of rotatable bonds is 6. The van der Waals surface area contributed by atoms with Crippen molar-refractivity contribution in [1.29, 1.82) is 0 Å². The zero-order valence-electron chi connectivity index (χ0n) is 14.7. The molecular formula is C22H20N2O2S. The van der Waals surface area contributed by atoms with Crippen LogP contribution in [0.4, 0.5) is 0 Å². The molecule has 0 bridgehead atoms. The highest BCUT2D eigenvalue weighted by Crippen LogP contribution is 2.35. The van der Waals surface area contributed by atoms with Gasteiger partial charge in [0.15, 0.2) is 0 Å². The predicted octanol–water partition coefficient (Wildman–Crippen LogP) is 3.97. The number of nitrogens with one attached hydrogen (secondary N) is 2. The average Bonchev–Trinajstić information content (AvgIpc) is 2.74. The lowest BCUT2D eigenvalue weighted by Gasteiger charge is -2.17. The Hall–Kier alpha value is -3.05. The summed E-state index contributed by atoms with van der Waals surface area (Å²) >= 11 is 1.52. The van der Waals surface area contributed by atoms with E-state index in [1.54, 1.807) is 24.3 Å². The van der Waals surface area contributed by atoms with Gasteiger partial charge in [-0.3, -0.25) is 20.4 Å². The van der Waals surface area contributed by atoms with Gasteiger partial charge >= 0.3 is 0 Å². The Morgan fingerprint density at radius 2 is 1.19 bits per heavy atom. The molecule has 3 rings (SSSR count). The Morgan fingerprint density at radius 1 is 0.704 bits per heavy atom. The van der Waals surface area contributed by atoms with Crippen molar-refractivity contribution in [1.82, 2.24) is 10.9 Å². The van der Waals surface area contributed by atoms with Gasteiger partial charge in [-0.15, -0.1) is 11.8 Å². The van der Waals surface area contributed by atoms with Crippen molar-refractivity contribution in [2.24, 2.45) is 0 Å². The third-order valence-corrected chi connectivity index (χ3v) is 5.24. The Morgan fingerprint density at radius 3 is 1.70 bits per heavy atom. The Balaban J connectivity index is 1.59. The van der Waals surface area contributed by atoms with E-state index in [0.29, 0.717) is 5.56 Å². The molecular weight excluding hydrogens is 356 g/mol. The molecule has 0 atom stereocenters. The van der Waals surface area contributed by atoms with Crippen LogP contribution in [0, 0.1) is 0 Å². The van der Waals surface area contributed by atoms with Gasteiger partial charge in [-0.2, -0.15) is 0 Å². The molecule has 3 aromatic carbocycles. The molecule has 136 valence electrons. The molecule has 0 aliphatic carbocycles. The van der Waals surface area contributed by atoms with Crippen molar-refractivity contribution in [3.8, 4) is 0 Å². The minimum Gasteiger partial charge on any atom is -0.272 e. The number of amides is 2. The van der Waals surface area contributed by atoms with Crippen molar-refractivity contribution in [2.75, 3.05) is 5.75 Å². The summed E-state index contributed by atoms with van der Waals surface area (Å²) in [6.07, 6.45) is 0. The van der Waals surface area contributed by atoms with E-state index in [4.69, 9.17) is 0 Å². The van der Waals surface area contributed by atoms with Crippen molar-refractivity contribution in [2.45, 2.75) is 5.25 Å². The van der Waals surface area contributed by atoms with Crippen molar-refractivity contribution >= 4 is 23.6 Å². The van der Waals surface area contributed by atoms with Crippen LogP contribution in [0.15, 0.2) is 91.0 Å². The summed E-state index contributed by atoms with van der Waals surface area (Å²) in [5.41, 5.74) is 7.70. The lowest BCUT2D eigenvalue weighted by molar-refractivity contribution is -0.119. The summed E-state index contributed by atoms with van der Waals surface area (Å²) < 4.78 is 0. The standard InChI is InChI=1S/C22H20N2O2S/c25-20(23-24-22(26)19-14-8-3-9-15-19)16-27-21(17-10-4-1-5-11-17)18-12-6-2-7-13-18/h1-15,21H,16H2,(H,23,25)(H,24,26). The fourth-order valence-electron chi connectivity index (χ4n) is 2.62. The second-order valence-corrected chi connectivity index (χ2v) is 6.97. The van der Waals surface area contributed by atoms with Crippen LogP contribution in [0.1, 0.15) is 26.7 Å². The zero-order valence-corrected chi connectivity index (χ0v) is 15.5. The van der Waals surface area contributed by atoms with Gasteiger partial charge in [-0.05, 0) is 23.3 Å². The maximum absolute atomic E-state index is 12.2. The van der Waals surface area contributed by atoms with Gasteiger partial charge in [0.2, 0.25) is 5.91 Å². The molecule has 0 saturated carbocycles. The highest BCUT2D eigenvalue weighted by atomic mass is 32.2. The first-order chi connectivity index (χ1) is 13.2. The van der Waals surface area contributed by atoms with Gasteiger partial charge in [0.1, 0.15) is 0 Å². The second-order valence-electron chi connectivity index (χ2n) is 5.88.